The van der Waals surface area contributed by atoms with Crippen molar-refractivity contribution in [2.75, 3.05) is 0 Å². The lowest BCUT2D eigenvalue weighted by Crippen LogP contribution is -2.16. The molecule has 1 fully saturated rings. The first-order chi connectivity index (χ1) is 11.6. The molecule has 2 heterocycles. The fourth-order valence-electron chi connectivity index (χ4n) is 3.11. The number of nitrogens with zero attached hydrogens (tertiary/aromatic N) is 5. The van der Waals surface area contributed by atoms with Crippen LogP contribution in [0.4, 0.5) is 0 Å². The Bertz CT molecular complexity index is 827. The summed E-state index contributed by atoms with van der Waals surface area (Å²) in [6.45, 7) is 6.51. The molecule has 1 atom stereocenters. The van der Waals surface area contributed by atoms with Crippen LogP contribution in [0, 0.1) is 0 Å². The Balaban J connectivity index is 1.80. The third kappa shape index (κ3) is 2.64. The summed E-state index contributed by atoms with van der Waals surface area (Å²) in [6, 6.07) is 10.4. The van der Waals surface area contributed by atoms with E-state index in [-0.39, 0.29) is 6.04 Å². The van der Waals surface area contributed by atoms with E-state index in [1.165, 1.54) is 12.8 Å². The maximum atomic E-state index is 4.91. The van der Waals surface area contributed by atoms with Crippen LogP contribution in [-0.2, 0) is 0 Å². The van der Waals surface area contributed by atoms with Crippen molar-refractivity contribution in [2.45, 2.75) is 51.5 Å². The van der Waals surface area contributed by atoms with E-state index in [0.717, 1.165) is 23.2 Å². The second-order valence-corrected chi connectivity index (χ2v) is 6.87. The topological polar surface area (TPSA) is 48.5 Å². The van der Waals surface area contributed by atoms with E-state index < -0.39 is 0 Å². The van der Waals surface area contributed by atoms with Crippen LogP contribution in [0.25, 0.3) is 5.69 Å². The van der Waals surface area contributed by atoms with Gasteiger partial charge < -0.3 is 4.57 Å². The predicted molar refractivity (Wildman–Crippen MR) is 93.5 cm³/mol. The first-order valence-electron chi connectivity index (χ1n) is 8.70. The molecule has 1 aliphatic rings. The molecular formula is C19H23N5. The molecule has 0 unspecified atom stereocenters. The zero-order chi connectivity index (χ0) is 16.7. The minimum atomic E-state index is 0.0881. The van der Waals surface area contributed by atoms with Crippen LogP contribution in [0.15, 0.2) is 42.7 Å². The smallest absolute Gasteiger partial charge is 0.155 e. The molecule has 0 bridgehead atoms. The summed E-state index contributed by atoms with van der Waals surface area (Å²) in [5.74, 6) is 3.94. The summed E-state index contributed by atoms with van der Waals surface area (Å²) < 4.78 is 4.22. The summed E-state index contributed by atoms with van der Waals surface area (Å²) in [6.07, 6.45) is 6.32. The second kappa shape index (κ2) is 5.89. The number of rotatable bonds is 5. The number of aromatic nitrogens is 5. The molecule has 3 aromatic rings. The number of imidazole rings is 1. The first-order valence-corrected chi connectivity index (χ1v) is 8.70. The van der Waals surface area contributed by atoms with E-state index >= 15 is 0 Å². The zero-order valence-corrected chi connectivity index (χ0v) is 14.4. The van der Waals surface area contributed by atoms with Gasteiger partial charge in [0.2, 0.25) is 0 Å². The Morgan fingerprint density at radius 2 is 1.79 bits per heavy atom. The Morgan fingerprint density at radius 1 is 1.04 bits per heavy atom. The van der Waals surface area contributed by atoms with Crippen molar-refractivity contribution < 1.29 is 0 Å². The van der Waals surface area contributed by atoms with Crippen molar-refractivity contribution in [3.05, 3.63) is 60.2 Å². The molecule has 0 saturated heterocycles. The minimum absolute atomic E-state index is 0.0881. The summed E-state index contributed by atoms with van der Waals surface area (Å²) in [7, 11) is 0. The van der Waals surface area contributed by atoms with Gasteiger partial charge in [-0.25, -0.2) is 14.6 Å². The van der Waals surface area contributed by atoms with Gasteiger partial charge in [-0.1, -0.05) is 32.0 Å². The number of benzene rings is 1. The third-order valence-electron chi connectivity index (χ3n) is 4.60. The lowest BCUT2D eigenvalue weighted by Gasteiger charge is -2.18. The Hall–Kier alpha value is -2.43. The van der Waals surface area contributed by atoms with Gasteiger partial charge in [0.15, 0.2) is 11.6 Å². The second-order valence-electron chi connectivity index (χ2n) is 6.87. The molecule has 4 rings (SSSR count). The summed E-state index contributed by atoms with van der Waals surface area (Å²) >= 11 is 0. The molecule has 5 heteroatoms. The van der Waals surface area contributed by atoms with Gasteiger partial charge in [0.05, 0.1) is 11.7 Å². The molecule has 1 saturated carbocycles. The first kappa shape index (κ1) is 15.1. The molecule has 5 nitrogen and oxygen atoms in total. The molecule has 0 spiro atoms. The summed E-state index contributed by atoms with van der Waals surface area (Å²) in [5, 5.41) is 4.82. The van der Waals surface area contributed by atoms with Gasteiger partial charge in [0, 0.05) is 24.2 Å². The predicted octanol–water partition coefficient (Wildman–Crippen LogP) is 4.07. The van der Waals surface area contributed by atoms with E-state index in [9.17, 15) is 0 Å². The fourth-order valence-corrected chi connectivity index (χ4v) is 3.11. The van der Waals surface area contributed by atoms with Gasteiger partial charge in [0.25, 0.3) is 0 Å². The molecule has 0 radical (unpaired) electrons. The highest BCUT2D eigenvalue weighted by molar-refractivity contribution is 5.32. The maximum absolute atomic E-state index is 4.91. The van der Waals surface area contributed by atoms with E-state index in [2.05, 4.69) is 42.5 Å². The molecule has 124 valence electrons. The molecule has 0 amide bonds. The van der Waals surface area contributed by atoms with Gasteiger partial charge in [-0.15, -0.1) is 0 Å². The normalized spacial score (nSPS) is 15.8. The highest BCUT2D eigenvalue weighted by Gasteiger charge is 2.31. The van der Waals surface area contributed by atoms with Crippen molar-refractivity contribution in [1.29, 1.82) is 0 Å². The van der Waals surface area contributed by atoms with Crippen LogP contribution in [-0.4, -0.2) is 24.3 Å². The summed E-state index contributed by atoms with van der Waals surface area (Å²) in [5.41, 5.74) is 1.06. The Labute approximate surface area is 142 Å². The molecule has 0 N–H and O–H groups in total. The van der Waals surface area contributed by atoms with Crippen LogP contribution >= 0.6 is 0 Å². The van der Waals surface area contributed by atoms with Gasteiger partial charge in [-0.05, 0) is 31.9 Å². The van der Waals surface area contributed by atoms with E-state index in [1.807, 2.05) is 35.3 Å². The molecule has 1 aromatic carbocycles. The number of hydrogen-bond acceptors (Lipinski definition) is 3. The standard InChI is InChI=1S/C19H23N5/c1-13(2)18-20-11-12-23(18)14(3)19-21-17(15-9-10-15)22-24(19)16-7-5-4-6-8-16/h4-8,11-15H,9-10H2,1-3H3/t14-/m0/s1. The Kier molecular flexibility index (Phi) is 3.71. The molecule has 0 aliphatic heterocycles. The molecular weight excluding hydrogens is 298 g/mol. The fraction of sp³-hybridized carbons (Fsp3) is 0.421. The van der Waals surface area contributed by atoms with Crippen molar-refractivity contribution in [3.8, 4) is 5.69 Å². The highest BCUT2D eigenvalue weighted by atomic mass is 15.4. The van der Waals surface area contributed by atoms with Gasteiger partial charge in [0.1, 0.15) is 5.82 Å². The van der Waals surface area contributed by atoms with Gasteiger partial charge >= 0.3 is 0 Å². The van der Waals surface area contributed by atoms with Crippen LogP contribution < -0.4 is 0 Å². The summed E-state index contributed by atoms with van der Waals surface area (Å²) in [4.78, 5) is 9.43. The average molecular weight is 321 g/mol. The average Bonchev–Trinajstić information content (AvgIpc) is 3.16. The van der Waals surface area contributed by atoms with Crippen molar-refractivity contribution in [1.82, 2.24) is 24.3 Å². The van der Waals surface area contributed by atoms with Crippen LogP contribution in [0.2, 0.25) is 0 Å². The quantitative estimate of drug-likeness (QED) is 0.711. The lowest BCUT2D eigenvalue weighted by atomic mass is 10.2. The van der Waals surface area contributed by atoms with Gasteiger partial charge in [-0.2, -0.15) is 5.10 Å². The molecule has 2 aromatic heterocycles. The molecule has 24 heavy (non-hydrogen) atoms. The van der Waals surface area contributed by atoms with E-state index in [0.29, 0.717) is 11.8 Å². The Morgan fingerprint density at radius 3 is 2.46 bits per heavy atom. The highest BCUT2D eigenvalue weighted by Crippen LogP contribution is 2.39. The largest absolute Gasteiger partial charge is 0.324 e. The van der Waals surface area contributed by atoms with E-state index in [4.69, 9.17) is 10.1 Å². The number of para-hydroxylation sites is 1. The van der Waals surface area contributed by atoms with Crippen LogP contribution in [0.5, 0.6) is 0 Å². The maximum Gasteiger partial charge on any atom is 0.155 e. The van der Waals surface area contributed by atoms with Crippen molar-refractivity contribution >= 4 is 0 Å². The minimum Gasteiger partial charge on any atom is -0.324 e. The van der Waals surface area contributed by atoms with Crippen LogP contribution in [0.3, 0.4) is 0 Å². The van der Waals surface area contributed by atoms with E-state index in [1.54, 1.807) is 0 Å². The zero-order valence-electron chi connectivity index (χ0n) is 14.4. The number of hydrogen-bond donors (Lipinski definition) is 0. The van der Waals surface area contributed by atoms with Crippen molar-refractivity contribution in [2.24, 2.45) is 0 Å². The SMILES string of the molecule is CC(C)c1nccn1[C@@H](C)c1nc(C2CC2)nn1-c1ccccc1. The van der Waals surface area contributed by atoms with Crippen molar-refractivity contribution in [3.63, 3.8) is 0 Å². The third-order valence-corrected chi connectivity index (χ3v) is 4.60. The van der Waals surface area contributed by atoms with Gasteiger partial charge in [-0.3, -0.25) is 0 Å². The lowest BCUT2D eigenvalue weighted by molar-refractivity contribution is 0.539. The monoisotopic (exact) mass is 321 g/mol. The molecule has 1 aliphatic carbocycles. The van der Waals surface area contributed by atoms with Crippen LogP contribution in [0.1, 0.15) is 69.0 Å².